The molecule has 2 amide bonds. The molecule has 9 nitrogen and oxygen atoms in total. The average molecular weight is 735 g/mol. The van der Waals surface area contributed by atoms with E-state index in [2.05, 4.69) is 21.2 Å². The van der Waals surface area contributed by atoms with Gasteiger partial charge in [-0.3, -0.25) is 13.9 Å². The zero-order valence-electron chi connectivity index (χ0n) is 27.0. The van der Waals surface area contributed by atoms with E-state index in [1.54, 1.807) is 30.3 Å². The SMILES string of the molecule is COc1ccc(N(CC(=O)N(Cc2cccc(Br)c2)[C@@H](Cc2ccccc2)C(=O)NC2CCCC2)S(=O)(=O)c2ccccc2)cc1OC. The molecular weight excluding hydrogens is 694 g/mol. The number of halogens is 1. The highest BCUT2D eigenvalue weighted by Crippen LogP contribution is 2.34. The Labute approximate surface area is 291 Å². The fourth-order valence-corrected chi connectivity index (χ4v) is 7.86. The third-order valence-corrected chi connectivity index (χ3v) is 10.8. The number of ether oxygens (including phenoxy) is 2. The Bertz CT molecular complexity index is 1800. The molecule has 0 aliphatic heterocycles. The van der Waals surface area contributed by atoms with Crippen LogP contribution in [0.1, 0.15) is 36.8 Å². The fourth-order valence-electron chi connectivity index (χ4n) is 5.98. The van der Waals surface area contributed by atoms with Gasteiger partial charge in [0.2, 0.25) is 11.8 Å². The van der Waals surface area contributed by atoms with Crippen molar-refractivity contribution in [3.8, 4) is 11.5 Å². The van der Waals surface area contributed by atoms with E-state index < -0.39 is 28.5 Å². The van der Waals surface area contributed by atoms with Crippen molar-refractivity contribution in [3.63, 3.8) is 0 Å². The van der Waals surface area contributed by atoms with E-state index >= 15 is 0 Å². The van der Waals surface area contributed by atoms with E-state index in [-0.39, 0.29) is 35.5 Å². The van der Waals surface area contributed by atoms with Crippen LogP contribution >= 0.6 is 15.9 Å². The van der Waals surface area contributed by atoms with Crippen molar-refractivity contribution in [1.29, 1.82) is 0 Å². The number of amides is 2. The fraction of sp³-hybridized carbons (Fsp3) is 0.297. The summed E-state index contributed by atoms with van der Waals surface area (Å²) in [6.45, 7) is -0.484. The Morgan fingerprint density at radius 2 is 1.48 bits per heavy atom. The van der Waals surface area contributed by atoms with Crippen molar-refractivity contribution < 1.29 is 27.5 Å². The molecule has 1 atom stereocenters. The lowest BCUT2D eigenvalue weighted by molar-refractivity contribution is -0.140. The number of methoxy groups -OCH3 is 2. The van der Waals surface area contributed by atoms with Gasteiger partial charge in [-0.1, -0.05) is 89.4 Å². The molecule has 0 aromatic heterocycles. The third-order valence-electron chi connectivity index (χ3n) is 8.48. The smallest absolute Gasteiger partial charge is 0.264 e. The maximum atomic E-state index is 14.7. The van der Waals surface area contributed by atoms with Crippen LogP contribution in [0.3, 0.4) is 0 Å². The predicted octanol–water partition coefficient (Wildman–Crippen LogP) is 6.36. The maximum Gasteiger partial charge on any atom is 0.264 e. The molecule has 0 saturated heterocycles. The molecule has 0 unspecified atom stereocenters. The molecular formula is C37H40BrN3O6S. The van der Waals surface area contributed by atoms with Crippen LogP contribution < -0.4 is 19.1 Å². The van der Waals surface area contributed by atoms with Crippen LogP contribution in [0.2, 0.25) is 0 Å². The number of hydrogen-bond donors (Lipinski definition) is 1. The minimum atomic E-state index is -4.25. The van der Waals surface area contributed by atoms with E-state index in [0.29, 0.717) is 11.5 Å². The first-order chi connectivity index (χ1) is 23.2. The molecule has 4 aromatic rings. The molecule has 1 aliphatic rings. The Morgan fingerprint density at radius 3 is 2.12 bits per heavy atom. The molecule has 48 heavy (non-hydrogen) atoms. The lowest BCUT2D eigenvalue weighted by Crippen LogP contribution is -2.54. The van der Waals surface area contributed by atoms with Gasteiger partial charge in [-0.05, 0) is 60.4 Å². The van der Waals surface area contributed by atoms with Gasteiger partial charge in [0.15, 0.2) is 11.5 Å². The third kappa shape index (κ3) is 8.56. The van der Waals surface area contributed by atoms with Gasteiger partial charge in [-0.2, -0.15) is 0 Å². The van der Waals surface area contributed by atoms with E-state index in [0.717, 1.165) is 45.6 Å². The Hall–Kier alpha value is -4.35. The second kappa shape index (κ2) is 16.2. The summed E-state index contributed by atoms with van der Waals surface area (Å²) in [5, 5.41) is 3.20. The van der Waals surface area contributed by atoms with E-state index in [4.69, 9.17) is 9.47 Å². The lowest BCUT2D eigenvalue weighted by Gasteiger charge is -2.34. The monoisotopic (exact) mass is 733 g/mol. The summed E-state index contributed by atoms with van der Waals surface area (Å²) in [5.41, 5.74) is 1.88. The topological polar surface area (TPSA) is 105 Å². The predicted molar refractivity (Wildman–Crippen MR) is 190 cm³/mol. The van der Waals surface area contributed by atoms with Gasteiger partial charge in [0, 0.05) is 29.5 Å². The van der Waals surface area contributed by atoms with Crippen LogP contribution in [0.4, 0.5) is 5.69 Å². The summed E-state index contributed by atoms with van der Waals surface area (Å²) in [6.07, 6.45) is 4.08. The second-order valence-corrected chi connectivity index (χ2v) is 14.5. The van der Waals surface area contributed by atoms with Crippen LogP contribution in [0.5, 0.6) is 11.5 Å². The zero-order valence-corrected chi connectivity index (χ0v) is 29.5. The minimum absolute atomic E-state index is 0.0194. The highest BCUT2D eigenvalue weighted by Gasteiger charge is 2.36. The van der Waals surface area contributed by atoms with Crippen molar-refractivity contribution in [3.05, 3.63) is 119 Å². The molecule has 1 N–H and O–H groups in total. The first kappa shape index (κ1) is 35.0. The lowest BCUT2D eigenvalue weighted by atomic mass is 10.0. The molecule has 0 radical (unpaired) electrons. The van der Waals surface area contributed by atoms with Crippen LogP contribution in [0, 0.1) is 0 Å². The minimum Gasteiger partial charge on any atom is -0.493 e. The standard InChI is InChI=1S/C37H40BrN3O6S/c1-46-34-21-20-31(24-35(34)47-2)41(48(44,45)32-18-7-4-8-19-32)26-36(42)40(25-28-14-11-15-29(38)22-28)33(23-27-12-5-3-6-13-27)37(43)39-30-16-9-10-17-30/h3-8,11-15,18-22,24,30,33H,9-10,16-17,23,25-26H2,1-2H3,(H,39,43)/t33-/m0/s1. The summed E-state index contributed by atoms with van der Waals surface area (Å²) in [5.74, 6) is -0.0866. The molecule has 1 aliphatic carbocycles. The first-order valence-corrected chi connectivity index (χ1v) is 18.1. The number of hydrogen-bond acceptors (Lipinski definition) is 6. The number of sulfonamides is 1. The zero-order chi connectivity index (χ0) is 34.1. The number of nitrogens with one attached hydrogen (secondary N) is 1. The molecule has 1 saturated carbocycles. The molecule has 252 valence electrons. The summed E-state index contributed by atoms with van der Waals surface area (Å²) in [7, 11) is -1.30. The van der Waals surface area contributed by atoms with Crippen molar-refractivity contribution in [2.45, 2.75) is 55.6 Å². The van der Waals surface area contributed by atoms with E-state index in [1.165, 1.54) is 37.3 Å². The van der Waals surface area contributed by atoms with Gasteiger partial charge in [0.25, 0.3) is 10.0 Å². The maximum absolute atomic E-state index is 14.7. The first-order valence-electron chi connectivity index (χ1n) is 15.9. The van der Waals surface area contributed by atoms with E-state index in [1.807, 2.05) is 54.6 Å². The summed E-state index contributed by atoms with van der Waals surface area (Å²) >= 11 is 3.52. The van der Waals surface area contributed by atoms with Crippen molar-refractivity contribution in [2.75, 3.05) is 25.1 Å². The number of benzene rings is 4. The summed E-state index contributed by atoms with van der Waals surface area (Å²) in [4.78, 5) is 30.4. The Balaban J connectivity index is 1.59. The largest absolute Gasteiger partial charge is 0.493 e. The van der Waals surface area contributed by atoms with Crippen molar-refractivity contribution >= 4 is 43.5 Å². The van der Waals surface area contributed by atoms with Gasteiger partial charge in [0.05, 0.1) is 24.8 Å². The Kier molecular flexibility index (Phi) is 11.8. The highest BCUT2D eigenvalue weighted by molar-refractivity contribution is 9.10. The number of carbonyl (C=O) groups is 2. The van der Waals surface area contributed by atoms with Crippen molar-refractivity contribution in [1.82, 2.24) is 10.2 Å². The van der Waals surface area contributed by atoms with Crippen molar-refractivity contribution in [2.24, 2.45) is 0 Å². The summed E-state index contributed by atoms with van der Waals surface area (Å²) in [6, 6.07) is 28.8. The number of carbonyl (C=O) groups excluding carboxylic acids is 2. The van der Waals surface area contributed by atoms with Crippen LogP contribution in [0.15, 0.2) is 112 Å². The molecule has 0 bridgehead atoms. The van der Waals surface area contributed by atoms with Crippen LogP contribution in [-0.2, 0) is 32.6 Å². The van der Waals surface area contributed by atoms with Gasteiger partial charge in [0.1, 0.15) is 12.6 Å². The Morgan fingerprint density at radius 1 is 0.833 bits per heavy atom. The molecule has 0 spiro atoms. The number of rotatable bonds is 14. The molecule has 5 rings (SSSR count). The molecule has 0 heterocycles. The van der Waals surface area contributed by atoms with Crippen LogP contribution in [-0.4, -0.2) is 58.0 Å². The average Bonchev–Trinajstić information content (AvgIpc) is 3.62. The second-order valence-electron chi connectivity index (χ2n) is 11.7. The van der Waals surface area contributed by atoms with Gasteiger partial charge in [-0.15, -0.1) is 0 Å². The van der Waals surface area contributed by atoms with Gasteiger partial charge < -0.3 is 19.7 Å². The van der Waals surface area contributed by atoms with Crippen LogP contribution in [0.25, 0.3) is 0 Å². The molecule has 1 fully saturated rings. The van der Waals surface area contributed by atoms with Gasteiger partial charge in [-0.25, -0.2) is 8.42 Å². The number of nitrogens with zero attached hydrogens (tertiary/aromatic N) is 2. The summed E-state index contributed by atoms with van der Waals surface area (Å²) < 4.78 is 41.3. The quantitative estimate of drug-likeness (QED) is 0.162. The molecule has 4 aromatic carbocycles. The molecule has 11 heteroatoms. The highest BCUT2D eigenvalue weighted by atomic mass is 79.9. The number of anilines is 1. The van der Waals surface area contributed by atoms with E-state index in [9.17, 15) is 18.0 Å². The normalized spacial score (nSPS) is 13.8. The van der Waals surface area contributed by atoms with Gasteiger partial charge >= 0.3 is 0 Å².